The minimum Gasteiger partial charge on any atom is -0.481 e. The summed E-state index contributed by atoms with van der Waals surface area (Å²) in [6, 6.07) is 7.55. The van der Waals surface area contributed by atoms with Crippen molar-refractivity contribution in [1.82, 2.24) is 5.32 Å². The number of rotatable bonds is 6. The normalized spacial score (nSPS) is 9.87. The first-order chi connectivity index (χ1) is 7.24. The first-order valence-electron chi connectivity index (χ1n) is 4.84. The van der Waals surface area contributed by atoms with Crippen LogP contribution in [-0.2, 0) is 17.8 Å². The molecule has 0 radical (unpaired) electrons. The molecule has 1 rings (SSSR count). The molecular weight excluding hydrogens is 190 g/mol. The fourth-order valence-corrected chi connectivity index (χ4v) is 1.37. The van der Waals surface area contributed by atoms with Gasteiger partial charge in [-0.3, -0.25) is 4.79 Å². The summed E-state index contributed by atoms with van der Waals surface area (Å²) in [5, 5.41) is 11.9. The van der Waals surface area contributed by atoms with Crippen LogP contribution in [0.3, 0.4) is 0 Å². The van der Waals surface area contributed by atoms with E-state index < -0.39 is 5.97 Å². The van der Waals surface area contributed by atoms with Crippen LogP contribution >= 0.6 is 0 Å². The van der Waals surface area contributed by atoms with Crippen molar-refractivity contribution in [1.29, 1.82) is 0 Å². The van der Waals surface area contributed by atoms with E-state index in [0.717, 1.165) is 17.7 Å². The number of hydrogen-bond donors (Lipinski definition) is 2. The predicted molar refractivity (Wildman–Crippen MR) is 59.7 cm³/mol. The van der Waals surface area contributed by atoms with Gasteiger partial charge in [0.1, 0.15) is 0 Å². The summed E-state index contributed by atoms with van der Waals surface area (Å²) in [5.74, 6) is -0.800. The quantitative estimate of drug-likeness (QED) is 0.547. The van der Waals surface area contributed by atoms with Crippen molar-refractivity contribution in [2.75, 3.05) is 6.54 Å². The number of hydrogen-bond acceptors (Lipinski definition) is 2. The van der Waals surface area contributed by atoms with E-state index in [9.17, 15) is 4.79 Å². The summed E-state index contributed by atoms with van der Waals surface area (Å²) in [5.41, 5.74) is 1.89. The molecule has 0 aliphatic rings. The molecule has 0 heterocycles. The third-order valence-electron chi connectivity index (χ3n) is 2.06. The fraction of sp³-hybridized carbons (Fsp3) is 0.250. The lowest BCUT2D eigenvalue weighted by Crippen LogP contribution is -2.15. The minimum absolute atomic E-state index is 0.0753. The zero-order chi connectivity index (χ0) is 11.1. The van der Waals surface area contributed by atoms with Crippen molar-refractivity contribution in [2.45, 2.75) is 13.0 Å². The summed E-state index contributed by atoms with van der Waals surface area (Å²) in [6.45, 7) is 5.01. The third-order valence-corrected chi connectivity index (χ3v) is 2.06. The van der Waals surface area contributed by atoms with Crippen LogP contribution in [0.2, 0.25) is 0 Å². The van der Waals surface area contributed by atoms with Crippen LogP contribution < -0.4 is 5.32 Å². The molecule has 0 saturated heterocycles. The van der Waals surface area contributed by atoms with Gasteiger partial charge in [-0.1, -0.05) is 30.3 Å². The molecule has 0 atom stereocenters. The maximum absolute atomic E-state index is 10.6. The SMILES string of the molecule is C=CCNCc1ccccc1CC(=O)O. The van der Waals surface area contributed by atoms with Gasteiger partial charge >= 0.3 is 5.97 Å². The van der Waals surface area contributed by atoms with Crippen molar-refractivity contribution >= 4 is 5.97 Å². The Bertz CT molecular complexity index is 347. The van der Waals surface area contributed by atoms with E-state index in [4.69, 9.17) is 5.11 Å². The van der Waals surface area contributed by atoms with E-state index in [1.807, 2.05) is 24.3 Å². The number of carboxylic acids is 1. The second-order valence-electron chi connectivity index (χ2n) is 3.26. The largest absolute Gasteiger partial charge is 0.481 e. The number of carbonyl (C=O) groups is 1. The van der Waals surface area contributed by atoms with Crippen molar-refractivity contribution in [3.8, 4) is 0 Å². The highest BCUT2D eigenvalue weighted by Gasteiger charge is 2.04. The van der Waals surface area contributed by atoms with Gasteiger partial charge < -0.3 is 10.4 Å². The third kappa shape index (κ3) is 3.95. The number of carboxylic acid groups (broad SMARTS) is 1. The number of nitrogens with one attached hydrogen (secondary N) is 1. The lowest BCUT2D eigenvalue weighted by molar-refractivity contribution is -0.136. The molecule has 3 heteroatoms. The van der Waals surface area contributed by atoms with Crippen molar-refractivity contribution in [3.05, 3.63) is 48.0 Å². The van der Waals surface area contributed by atoms with Gasteiger partial charge in [0.2, 0.25) is 0 Å². The Morgan fingerprint density at radius 1 is 1.40 bits per heavy atom. The van der Waals surface area contributed by atoms with Crippen molar-refractivity contribution < 1.29 is 9.90 Å². The van der Waals surface area contributed by atoms with Crippen LogP contribution in [0.25, 0.3) is 0 Å². The first kappa shape index (κ1) is 11.5. The number of benzene rings is 1. The van der Waals surface area contributed by atoms with Gasteiger partial charge in [0.25, 0.3) is 0 Å². The minimum atomic E-state index is -0.800. The highest BCUT2D eigenvalue weighted by atomic mass is 16.4. The maximum atomic E-state index is 10.6. The van der Waals surface area contributed by atoms with Gasteiger partial charge in [-0.05, 0) is 11.1 Å². The average Bonchev–Trinajstić information content (AvgIpc) is 2.20. The second-order valence-corrected chi connectivity index (χ2v) is 3.26. The lowest BCUT2D eigenvalue weighted by Gasteiger charge is -2.07. The molecule has 1 aromatic carbocycles. The van der Waals surface area contributed by atoms with Gasteiger partial charge in [0.05, 0.1) is 6.42 Å². The summed E-state index contributed by atoms with van der Waals surface area (Å²) in [4.78, 5) is 10.6. The molecule has 80 valence electrons. The zero-order valence-electron chi connectivity index (χ0n) is 8.57. The maximum Gasteiger partial charge on any atom is 0.307 e. The molecule has 0 aliphatic heterocycles. The molecule has 0 saturated carbocycles. The predicted octanol–water partition coefficient (Wildman–Crippen LogP) is 1.59. The Labute approximate surface area is 89.4 Å². The van der Waals surface area contributed by atoms with Gasteiger partial charge in [-0.25, -0.2) is 0 Å². The molecule has 0 fully saturated rings. The molecule has 3 nitrogen and oxygen atoms in total. The van der Waals surface area contributed by atoms with Crippen LogP contribution in [0.15, 0.2) is 36.9 Å². The van der Waals surface area contributed by atoms with Crippen molar-refractivity contribution in [2.24, 2.45) is 0 Å². The van der Waals surface area contributed by atoms with Crippen molar-refractivity contribution in [3.63, 3.8) is 0 Å². The van der Waals surface area contributed by atoms with Crippen LogP contribution in [0.1, 0.15) is 11.1 Å². The standard InChI is InChI=1S/C12H15NO2/c1-2-7-13-9-11-6-4-3-5-10(11)8-12(14)15/h2-6,13H,1,7-9H2,(H,14,15). The Hall–Kier alpha value is -1.61. The summed E-state index contributed by atoms with van der Waals surface area (Å²) in [6.07, 6.45) is 1.85. The Kier molecular flexibility index (Phi) is 4.57. The van der Waals surface area contributed by atoms with Gasteiger partial charge in [-0.2, -0.15) is 0 Å². The van der Waals surface area contributed by atoms with Crippen LogP contribution in [-0.4, -0.2) is 17.6 Å². The summed E-state index contributed by atoms with van der Waals surface area (Å²) in [7, 11) is 0. The monoisotopic (exact) mass is 205 g/mol. The number of aliphatic carboxylic acids is 1. The lowest BCUT2D eigenvalue weighted by atomic mass is 10.0. The molecule has 2 N–H and O–H groups in total. The molecular formula is C12H15NO2. The van der Waals surface area contributed by atoms with Gasteiger partial charge in [-0.15, -0.1) is 6.58 Å². The van der Waals surface area contributed by atoms with E-state index in [2.05, 4.69) is 11.9 Å². The summed E-state index contributed by atoms with van der Waals surface area (Å²) < 4.78 is 0. The Balaban J connectivity index is 2.67. The Morgan fingerprint density at radius 3 is 2.67 bits per heavy atom. The van der Waals surface area contributed by atoms with Crippen LogP contribution in [0, 0.1) is 0 Å². The Morgan fingerprint density at radius 2 is 2.07 bits per heavy atom. The van der Waals surface area contributed by atoms with Crippen LogP contribution in [0.5, 0.6) is 0 Å². The van der Waals surface area contributed by atoms with E-state index in [-0.39, 0.29) is 6.42 Å². The molecule has 15 heavy (non-hydrogen) atoms. The van der Waals surface area contributed by atoms with Gasteiger partial charge in [0.15, 0.2) is 0 Å². The van der Waals surface area contributed by atoms with E-state index in [1.54, 1.807) is 6.08 Å². The first-order valence-corrected chi connectivity index (χ1v) is 4.84. The van der Waals surface area contributed by atoms with E-state index in [0.29, 0.717) is 6.54 Å². The fourth-order valence-electron chi connectivity index (χ4n) is 1.37. The van der Waals surface area contributed by atoms with E-state index in [1.165, 1.54) is 0 Å². The zero-order valence-corrected chi connectivity index (χ0v) is 8.57. The molecule has 1 aromatic rings. The van der Waals surface area contributed by atoms with E-state index >= 15 is 0 Å². The summed E-state index contributed by atoms with van der Waals surface area (Å²) >= 11 is 0. The highest BCUT2D eigenvalue weighted by molar-refractivity contribution is 5.70. The van der Waals surface area contributed by atoms with Crippen LogP contribution in [0.4, 0.5) is 0 Å². The smallest absolute Gasteiger partial charge is 0.307 e. The highest BCUT2D eigenvalue weighted by Crippen LogP contribution is 2.09. The molecule has 0 spiro atoms. The second kappa shape index (κ2) is 5.98. The molecule has 0 unspecified atom stereocenters. The molecule has 0 amide bonds. The molecule has 0 aliphatic carbocycles. The van der Waals surface area contributed by atoms with Gasteiger partial charge in [0, 0.05) is 13.1 Å². The molecule has 0 bridgehead atoms. The topological polar surface area (TPSA) is 49.3 Å². The average molecular weight is 205 g/mol. The molecule has 0 aromatic heterocycles.